The summed E-state index contributed by atoms with van der Waals surface area (Å²) in [5, 5.41) is 35.0. The highest BCUT2D eigenvalue weighted by Crippen LogP contribution is 2.40. The van der Waals surface area contributed by atoms with Gasteiger partial charge in [-0.25, -0.2) is 28.0 Å². The number of carbonyl (C=O) groups is 4. The van der Waals surface area contributed by atoms with Crippen LogP contribution >= 0.6 is 34.8 Å². The van der Waals surface area contributed by atoms with Gasteiger partial charge in [0.25, 0.3) is 0 Å². The zero-order valence-corrected chi connectivity index (χ0v) is 48.4. The molecule has 0 fully saturated rings. The second-order valence-electron chi connectivity index (χ2n) is 19.2. The Balaban J connectivity index is 0.000000165. The maximum atomic E-state index is 14.7. The molecule has 0 saturated carbocycles. The summed E-state index contributed by atoms with van der Waals surface area (Å²) in [6.07, 6.45) is 10.3. The van der Waals surface area contributed by atoms with Crippen LogP contribution in [-0.4, -0.2) is 61.3 Å². The van der Waals surface area contributed by atoms with Gasteiger partial charge < -0.3 is 27.8 Å². The van der Waals surface area contributed by atoms with Gasteiger partial charge in [0.2, 0.25) is 0 Å². The molecule has 14 N–H and O–H groups in total. The number of fused-ring (bicyclic) bond motifs is 3. The zero-order chi connectivity index (χ0) is 60.3. The fourth-order valence-corrected chi connectivity index (χ4v) is 9.64. The summed E-state index contributed by atoms with van der Waals surface area (Å²) in [5.74, 6) is -0.470. The highest BCUT2D eigenvalue weighted by atomic mass is 35.5. The summed E-state index contributed by atoms with van der Waals surface area (Å²) >= 11 is 18.8. The zero-order valence-electron chi connectivity index (χ0n) is 46.2. The molecule has 0 bridgehead atoms. The minimum Gasteiger partial charge on any atom is -0.352 e. The molecule has 0 aliphatic carbocycles. The van der Waals surface area contributed by atoms with E-state index in [1.807, 2.05) is 123 Å². The predicted molar refractivity (Wildman–Crippen MR) is 335 cm³/mol. The van der Waals surface area contributed by atoms with Crippen LogP contribution < -0.4 is 43.8 Å². The van der Waals surface area contributed by atoms with Crippen LogP contribution in [0, 0.1) is 25.5 Å². The van der Waals surface area contributed by atoms with Gasteiger partial charge in [-0.2, -0.15) is 15.3 Å². The standard InChI is InChI=1S/C21H16ClFN4O.C15H13ClN4O.C14H10ClFN4O.C11H24N2O/c1-12-7-9-14(10-8-12)24-21(28)25-20-16-11-15(13-5-3-2-4-6-13)17(22)18(23)19(16)26-27-20;1-8-12(16)10(9-5-3-2-4-6-9)7-11-13(8)19-20-14(11)18-15(17)21;15-10-8(7-4-2-1-3-5-7)6-9-12(11(10)16)19-20-13(9)18-14(17)21;1-2-3-4-5-6-7-8-9-10-13-11(12)14/h2-11H,1H3,(H3,24,25,26,27,28);2-7H,1H3,(H4,17,18,19,20,21);1-6H,(H4,17,18,19,20,21);2-10H2,1H3,(H3,12,13,14). The van der Waals surface area contributed by atoms with Gasteiger partial charge >= 0.3 is 24.1 Å². The topological polar surface area (TPSA) is 293 Å². The number of nitrogens with one attached hydrogen (secondary N) is 8. The van der Waals surface area contributed by atoms with Crippen LogP contribution in [-0.2, 0) is 0 Å². The molecule has 23 heteroatoms. The summed E-state index contributed by atoms with van der Waals surface area (Å²) in [5.41, 5.74) is 23.2. The van der Waals surface area contributed by atoms with Crippen LogP contribution in [0.1, 0.15) is 69.4 Å². The second-order valence-corrected chi connectivity index (χ2v) is 20.4. The molecule has 0 unspecified atom stereocenters. The number of rotatable bonds is 16. The number of nitrogens with two attached hydrogens (primary N) is 3. The lowest BCUT2D eigenvalue weighted by Crippen LogP contribution is -2.29. The first kappa shape index (κ1) is 62.4. The summed E-state index contributed by atoms with van der Waals surface area (Å²) in [4.78, 5) is 44.6. The summed E-state index contributed by atoms with van der Waals surface area (Å²) < 4.78 is 29.1. The van der Waals surface area contributed by atoms with Crippen LogP contribution in [0.4, 0.5) is 51.1 Å². The monoisotopic (exact) mass is 1200 g/mol. The number of H-pyrrole nitrogens is 3. The van der Waals surface area contributed by atoms with Gasteiger partial charge in [-0.1, -0.05) is 195 Å². The Morgan fingerprint density at radius 1 is 0.476 bits per heavy atom. The number of aryl methyl sites for hydroxylation is 2. The number of primary amides is 3. The number of amides is 8. The molecule has 84 heavy (non-hydrogen) atoms. The van der Waals surface area contributed by atoms with Crippen LogP contribution in [0.15, 0.2) is 133 Å². The Labute approximate surface area is 498 Å². The predicted octanol–water partition coefficient (Wildman–Crippen LogP) is 16.0. The molecule has 0 atom stereocenters. The van der Waals surface area contributed by atoms with E-state index >= 15 is 0 Å². The Kier molecular flexibility index (Phi) is 22.4. The maximum absolute atomic E-state index is 14.7. The van der Waals surface area contributed by atoms with E-state index in [1.54, 1.807) is 24.3 Å². The van der Waals surface area contributed by atoms with Crippen LogP contribution in [0.5, 0.6) is 0 Å². The van der Waals surface area contributed by atoms with Gasteiger partial charge in [0.15, 0.2) is 29.1 Å². The van der Waals surface area contributed by atoms with Crippen molar-refractivity contribution in [2.45, 2.75) is 72.1 Å². The highest BCUT2D eigenvalue weighted by Gasteiger charge is 2.21. The van der Waals surface area contributed by atoms with E-state index < -0.39 is 35.8 Å². The number of urea groups is 4. The van der Waals surface area contributed by atoms with Gasteiger partial charge in [-0.15, -0.1) is 0 Å². The van der Waals surface area contributed by atoms with E-state index in [9.17, 15) is 28.0 Å². The Bertz CT molecular complexity index is 3720. The van der Waals surface area contributed by atoms with Gasteiger partial charge in [0, 0.05) is 45.1 Å². The van der Waals surface area contributed by atoms with Crippen molar-refractivity contribution in [1.82, 2.24) is 35.9 Å². The van der Waals surface area contributed by atoms with E-state index in [4.69, 9.17) is 52.0 Å². The number of benzene rings is 7. The summed E-state index contributed by atoms with van der Waals surface area (Å²) in [6.45, 7) is 6.83. The number of aromatic amines is 3. The quantitative estimate of drug-likeness (QED) is 0.0415. The van der Waals surface area contributed by atoms with E-state index in [1.165, 1.54) is 44.9 Å². The molecule has 3 aromatic heterocycles. The molecule has 0 aliphatic heterocycles. The number of anilines is 4. The summed E-state index contributed by atoms with van der Waals surface area (Å²) in [6, 6.07) is 38.5. The van der Waals surface area contributed by atoms with Crippen molar-refractivity contribution in [2.24, 2.45) is 17.2 Å². The lowest BCUT2D eigenvalue weighted by molar-refractivity contribution is 0.248. The third kappa shape index (κ3) is 16.5. The molecule has 0 aliphatic rings. The van der Waals surface area contributed by atoms with Crippen molar-refractivity contribution in [3.8, 4) is 33.4 Å². The number of nitrogens with zero attached hydrogens (tertiary/aromatic N) is 3. The van der Waals surface area contributed by atoms with Crippen molar-refractivity contribution in [3.63, 3.8) is 0 Å². The van der Waals surface area contributed by atoms with Crippen molar-refractivity contribution in [3.05, 3.63) is 171 Å². The average molecular weight is 1200 g/mol. The summed E-state index contributed by atoms with van der Waals surface area (Å²) in [7, 11) is 0. The maximum Gasteiger partial charge on any atom is 0.324 e. The smallest absolute Gasteiger partial charge is 0.324 e. The van der Waals surface area contributed by atoms with E-state index in [0.29, 0.717) is 38.4 Å². The molecule has 10 aromatic rings. The molecule has 0 saturated heterocycles. The minimum absolute atomic E-state index is 0.00185. The molecule has 0 radical (unpaired) electrons. The van der Waals surface area contributed by atoms with Gasteiger partial charge in [0.1, 0.15) is 11.0 Å². The number of unbranched alkanes of at least 4 members (excludes halogenated alkanes) is 7. The average Bonchev–Trinajstić information content (AvgIpc) is 2.04. The fourth-order valence-electron chi connectivity index (χ4n) is 8.86. The first-order chi connectivity index (χ1) is 40.4. The molecular weight excluding hydrogens is 1140 g/mol. The molecule has 0 spiro atoms. The third-order valence-corrected chi connectivity index (χ3v) is 14.4. The third-order valence-electron chi connectivity index (χ3n) is 13.1. The second kappa shape index (κ2) is 30.2. The Morgan fingerprint density at radius 2 is 0.857 bits per heavy atom. The van der Waals surface area contributed by atoms with Gasteiger partial charge in [-0.05, 0) is 72.9 Å². The van der Waals surface area contributed by atoms with Gasteiger partial charge in [-0.3, -0.25) is 31.2 Å². The molecule has 10 rings (SSSR count). The number of carbonyl (C=O) groups excluding carboxylic acids is 4. The van der Waals surface area contributed by atoms with Crippen LogP contribution in [0.25, 0.3) is 66.1 Å². The first-order valence-electron chi connectivity index (χ1n) is 26.8. The SMILES string of the molecule is CCCCCCCCCCNC(N)=O.Cc1c(Cl)c(-c2ccccc2)cc2c(NC(N)=O)n[nH]c12.Cc1ccc(NC(=O)Nc2n[nH]c3c(F)c(Cl)c(-c4ccccc4)cc23)cc1.NC(=O)Nc1n[nH]c2c(F)c(Cl)c(-c3ccccc3)cc12. The van der Waals surface area contributed by atoms with E-state index in [0.717, 1.165) is 57.2 Å². The highest BCUT2D eigenvalue weighted by molar-refractivity contribution is 6.36. The fraction of sp³-hybridized carbons (Fsp3) is 0.197. The van der Waals surface area contributed by atoms with E-state index in [2.05, 4.69) is 64.1 Å². The normalized spacial score (nSPS) is 10.7. The molecule has 7 aromatic carbocycles. The van der Waals surface area contributed by atoms with Crippen molar-refractivity contribution >= 4 is 115 Å². The number of halogens is 5. The first-order valence-corrected chi connectivity index (χ1v) is 27.9. The molecular formula is C61H63Cl3F2N14O4. The largest absolute Gasteiger partial charge is 0.352 e. The van der Waals surface area contributed by atoms with Crippen molar-refractivity contribution in [2.75, 3.05) is 27.8 Å². The van der Waals surface area contributed by atoms with Crippen LogP contribution in [0.3, 0.4) is 0 Å². The van der Waals surface area contributed by atoms with Crippen molar-refractivity contribution < 1.29 is 28.0 Å². The van der Waals surface area contributed by atoms with E-state index in [-0.39, 0.29) is 32.7 Å². The van der Waals surface area contributed by atoms with Crippen molar-refractivity contribution in [1.29, 1.82) is 0 Å². The number of hydrogen-bond donors (Lipinski definition) is 11. The lowest BCUT2D eigenvalue weighted by atomic mass is 10.0. The Hall–Kier alpha value is -9.24. The molecule has 3 heterocycles. The van der Waals surface area contributed by atoms with Crippen LogP contribution in [0.2, 0.25) is 15.1 Å². The Morgan fingerprint density at radius 3 is 1.27 bits per heavy atom. The van der Waals surface area contributed by atoms with Gasteiger partial charge in [0.05, 0.1) is 20.6 Å². The molecule has 436 valence electrons. The molecule has 18 nitrogen and oxygen atoms in total. The molecule has 8 amide bonds. The lowest BCUT2D eigenvalue weighted by Gasteiger charge is -2.09. The minimum atomic E-state index is -0.778. The number of aromatic nitrogens is 6. The number of hydrogen-bond acceptors (Lipinski definition) is 7.